The molecule has 0 aromatic carbocycles. The summed E-state index contributed by atoms with van der Waals surface area (Å²) in [6, 6.07) is -0.418. The third-order valence-electron chi connectivity index (χ3n) is 8.29. The van der Waals surface area contributed by atoms with Crippen LogP contribution in [0.15, 0.2) is 0 Å². The van der Waals surface area contributed by atoms with Crippen molar-refractivity contribution in [2.45, 2.75) is 152 Å². The largest absolute Gasteiger partial charge is 0.756 e. The minimum absolute atomic E-state index is 0. The Balaban J connectivity index is -0.000000990. The van der Waals surface area contributed by atoms with Crippen molar-refractivity contribution in [2.24, 2.45) is 0 Å². The van der Waals surface area contributed by atoms with E-state index in [1.165, 1.54) is 0 Å². The summed E-state index contributed by atoms with van der Waals surface area (Å²) in [4.78, 5) is 12.0. The van der Waals surface area contributed by atoms with Gasteiger partial charge in [0.1, 0.15) is 55.8 Å². The Labute approximate surface area is 440 Å². The van der Waals surface area contributed by atoms with E-state index in [2.05, 4.69) is 74.5 Å². The average molecular weight is 1540 g/mol. The van der Waals surface area contributed by atoms with Gasteiger partial charge in [0.05, 0.1) is 82.1 Å². The summed E-state index contributed by atoms with van der Waals surface area (Å²) in [7, 11) is 14.3. The van der Waals surface area contributed by atoms with Crippen molar-refractivity contribution in [3.05, 3.63) is 0 Å². The van der Waals surface area contributed by atoms with Gasteiger partial charge in [0, 0.05) is 67.9 Å². The van der Waals surface area contributed by atoms with Gasteiger partial charge in [0.2, 0.25) is 0 Å². The molecule has 4 aliphatic heterocycles. The Bertz CT molecular complexity index is 1300. The number of nitriles is 1. The number of hydrogen-bond acceptors (Lipinski definition) is 17. The van der Waals surface area contributed by atoms with Crippen LogP contribution < -0.4 is 18.1 Å². The topological polar surface area (TPSA) is 212 Å². The number of aliphatic hydroxyl groups excluding tert-OH is 1. The third-order valence-corrected chi connectivity index (χ3v) is 10.8. The number of rotatable bonds is 21. The van der Waals surface area contributed by atoms with Gasteiger partial charge in [-0.15, -0.1) is 0 Å². The molecule has 0 saturated carbocycles. The molecule has 4 saturated heterocycles. The van der Waals surface area contributed by atoms with Crippen LogP contribution in [0, 0.1) is 11.3 Å². The summed E-state index contributed by atoms with van der Waals surface area (Å²) < 4.78 is 90.2. The van der Waals surface area contributed by atoms with Gasteiger partial charge in [0.25, 0.3) is 7.82 Å². The molecule has 0 amide bonds. The van der Waals surface area contributed by atoms with Crippen LogP contribution in [0.2, 0.25) is 0 Å². The van der Waals surface area contributed by atoms with Crippen molar-refractivity contribution in [3.63, 3.8) is 0 Å². The zero-order valence-corrected chi connectivity index (χ0v) is 51.8. The van der Waals surface area contributed by atoms with Gasteiger partial charge in [-0.1, -0.05) is 0 Å². The number of ether oxygens (including phenoxy) is 7. The summed E-state index contributed by atoms with van der Waals surface area (Å²) in [5.74, 6) is 0. The van der Waals surface area contributed by atoms with E-state index in [0.29, 0.717) is 32.7 Å². The van der Waals surface area contributed by atoms with E-state index >= 15 is 0 Å². The second-order valence-electron chi connectivity index (χ2n) is 13.7. The van der Waals surface area contributed by atoms with Gasteiger partial charge in [-0.05, 0) is 60.3 Å². The maximum absolute atomic E-state index is 13.3. The van der Waals surface area contributed by atoms with Crippen LogP contribution in [0.3, 0.4) is 0 Å². The fourth-order valence-electron chi connectivity index (χ4n) is 5.77. The van der Waals surface area contributed by atoms with Crippen LogP contribution in [-0.4, -0.2) is 161 Å². The molecule has 62 heavy (non-hydrogen) atoms. The number of phosphoric ester groups is 2. The van der Waals surface area contributed by atoms with Crippen LogP contribution in [0.1, 0.15) is 66.7 Å². The van der Waals surface area contributed by atoms with E-state index < -0.39 is 82.4 Å². The van der Waals surface area contributed by atoms with Crippen LogP contribution in [0.4, 0.5) is 0 Å². The standard InChI is InChI=1S/C18H30B2NO8P.C13H23B2O8P.I3.I2.2H3P.H2S/c1-4-23-13-8-17(19)28-16(13)11-26-30(22,25-7-5-6-21)29-14-9-18(20)27-15(14)10-24-12(2)3;1-7(2)19-5-11-9(4-13(15)22-11)23-24(17,18)20-6-10-8(16)3-12(14)21-10;1-3-2;1-2;;;/h12-18H,4-5,7-11H2,1-3H3;7-13,16H,3-6H2,1-2H3,(H,17,18);;;2*1H3;1H2/q;;-1;;;;/p-1. The predicted octanol–water partition coefficient (Wildman–Crippen LogP) is 1.81. The molecule has 0 aliphatic carbocycles. The molecule has 31 heteroatoms. The molecule has 0 spiro atoms. The Morgan fingerprint density at radius 2 is 1.15 bits per heavy atom. The Kier molecular flexibility index (Phi) is 44.6. The Morgan fingerprint density at radius 3 is 1.56 bits per heavy atom. The van der Waals surface area contributed by atoms with E-state index in [1.807, 2.05) is 40.7 Å². The van der Waals surface area contributed by atoms with Gasteiger partial charge in [-0.25, -0.2) is 4.57 Å². The summed E-state index contributed by atoms with van der Waals surface area (Å²) in [5.41, 5.74) is 0. The van der Waals surface area contributed by atoms with E-state index in [1.54, 1.807) is 0 Å². The minimum atomic E-state index is -4.62. The maximum Gasteiger partial charge on any atom is 0.475 e. The molecule has 16 atom stereocenters. The predicted molar refractivity (Wildman–Crippen MR) is 281 cm³/mol. The molecule has 17 nitrogen and oxygen atoms in total. The first kappa shape index (κ1) is 70.8. The molecular weight excluding hydrogens is 1480 g/mol. The van der Waals surface area contributed by atoms with Crippen molar-refractivity contribution in [1.29, 1.82) is 5.26 Å². The van der Waals surface area contributed by atoms with Gasteiger partial charge >= 0.3 is 58.3 Å². The average Bonchev–Trinajstić information content (AvgIpc) is 3.90. The third kappa shape index (κ3) is 29.8. The zero-order valence-electron chi connectivity index (χ0n) is 35.4. The van der Waals surface area contributed by atoms with Crippen molar-refractivity contribution in [1.82, 2.24) is 0 Å². The molecular formula is C31H60B4I5NO16P4S-2. The molecule has 4 fully saturated rings. The molecule has 4 heterocycles. The van der Waals surface area contributed by atoms with E-state index in [0.717, 1.165) is 0 Å². The molecule has 0 bridgehead atoms. The van der Waals surface area contributed by atoms with Crippen LogP contribution >= 0.6 is 123 Å². The molecule has 0 aromatic heterocycles. The van der Waals surface area contributed by atoms with Crippen molar-refractivity contribution in [3.8, 4) is 6.07 Å². The van der Waals surface area contributed by atoms with Crippen LogP contribution in [0.5, 0.6) is 0 Å². The van der Waals surface area contributed by atoms with Crippen molar-refractivity contribution in [2.75, 3.05) is 39.6 Å². The fourth-order valence-corrected chi connectivity index (χ4v) is 8.11. The SMILES string of the molecule is II.I[I-]I.P.P.S.[B]C1CC(O)C(COP(=O)([O-])OC2CC([B])OC2COC(C)C)O1.[B]C1CC(OCC)C(COP(=O)(OCCC#N)OC2CC([B])OC2COC(C)C)O1. The van der Waals surface area contributed by atoms with Crippen molar-refractivity contribution < 1.29 is 88.2 Å². The maximum atomic E-state index is 13.3. The van der Waals surface area contributed by atoms with Crippen molar-refractivity contribution >= 4 is 155 Å². The van der Waals surface area contributed by atoms with E-state index in [9.17, 15) is 19.1 Å². The minimum Gasteiger partial charge on any atom is -0.756 e. The van der Waals surface area contributed by atoms with Gasteiger partial charge in [0.15, 0.2) is 0 Å². The van der Waals surface area contributed by atoms with E-state index in [4.69, 9.17) is 92.4 Å². The molecule has 8 radical (unpaired) electrons. The smallest absolute Gasteiger partial charge is 0.475 e. The quantitative estimate of drug-likeness (QED) is 0.0752. The number of nitrogens with zero attached hydrogens (tertiary/aromatic N) is 1. The summed E-state index contributed by atoms with van der Waals surface area (Å²) in [6.45, 7) is 9.64. The van der Waals surface area contributed by atoms with Crippen LogP contribution in [-0.2, 0) is 64.9 Å². The van der Waals surface area contributed by atoms with Crippen LogP contribution in [0.25, 0.3) is 0 Å². The molecule has 16 unspecified atom stereocenters. The van der Waals surface area contributed by atoms with Gasteiger partial charge < -0.3 is 52.2 Å². The second-order valence-corrected chi connectivity index (χ2v) is 32.9. The van der Waals surface area contributed by atoms with E-state index in [-0.39, 0.29) is 104 Å². The summed E-state index contributed by atoms with van der Waals surface area (Å²) in [5, 5.41) is 18.4. The monoisotopic (exact) mass is 1540 g/mol. The number of hydrogen-bond donors (Lipinski definition) is 1. The normalized spacial score (nSPS) is 31.9. The molecule has 1 N–H and O–H groups in total. The van der Waals surface area contributed by atoms with Gasteiger partial charge in [-0.2, -0.15) is 38.6 Å². The molecule has 360 valence electrons. The number of phosphoric acid groups is 2. The second kappa shape index (κ2) is 39.1. The number of aliphatic hydroxyl groups is 1. The van der Waals surface area contributed by atoms with Gasteiger partial charge in [-0.3, -0.25) is 18.1 Å². The zero-order chi connectivity index (χ0) is 44.8. The first-order valence-corrected chi connectivity index (χ1v) is 40.4. The molecule has 4 aliphatic rings. The molecule has 0 aromatic rings. The molecule has 4 rings (SSSR count). The summed E-state index contributed by atoms with van der Waals surface area (Å²) >= 11 is 9.54. The first-order chi connectivity index (χ1) is 27.8. The number of halogens is 5. The fraction of sp³-hybridized carbons (Fsp3) is 0.968. The Hall–Kier alpha value is 4.51. The summed E-state index contributed by atoms with van der Waals surface area (Å²) in [6.07, 6.45) is -3.85. The first-order valence-electron chi connectivity index (χ1n) is 18.6. The Morgan fingerprint density at radius 1 is 0.742 bits per heavy atom.